The predicted octanol–water partition coefficient (Wildman–Crippen LogP) is 6.12. The summed E-state index contributed by atoms with van der Waals surface area (Å²) in [6, 6.07) is 29.3. The fourth-order valence-electron chi connectivity index (χ4n) is 4.06. The third-order valence-corrected chi connectivity index (χ3v) is 6.48. The van der Waals surface area contributed by atoms with Gasteiger partial charge in [0.15, 0.2) is 17.1 Å². The van der Waals surface area contributed by atoms with Crippen LogP contribution in [0.2, 0.25) is 0 Å². The topological polar surface area (TPSA) is 80.2 Å². The van der Waals surface area contributed by atoms with Crippen LogP contribution >= 0.6 is 15.9 Å². The number of aryl methyl sites for hydroxylation is 1. The lowest BCUT2D eigenvalue weighted by atomic mass is 9.85. The van der Waals surface area contributed by atoms with E-state index in [1.807, 2.05) is 50.2 Å². The van der Waals surface area contributed by atoms with E-state index in [0.29, 0.717) is 45.9 Å². The molecule has 6 nitrogen and oxygen atoms in total. The molecule has 0 aliphatic carbocycles. The summed E-state index contributed by atoms with van der Waals surface area (Å²) in [6.45, 7) is 4.78. The molecule has 7 heteroatoms. The number of nitrogens with one attached hydrogen (secondary N) is 1. The Balaban J connectivity index is 1.54. The molecule has 4 aromatic carbocycles. The van der Waals surface area contributed by atoms with Crippen molar-refractivity contribution in [2.75, 3.05) is 6.61 Å². The molecular weight excluding hydrogens is 544 g/mol. The monoisotopic (exact) mass is 572 g/mol. The number of nitrogens with zero attached hydrogens (tertiary/aromatic N) is 1. The summed E-state index contributed by atoms with van der Waals surface area (Å²) in [5.74, 6) is 0.456. The summed E-state index contributed by atoms with van der Waals surface area (Å²) in [4.78, 5) is 13.3. The minimum atomic E-state index is -1.91. The van der Waals surface area contributed by atoms with Crippen LogP contribution in [0.25, 0.3) is 0 Å². The SMILES string of the molecule is CCOc1cc(/C=N\NC(=O)C(O)(c2ccccc2)c2ccccc2)cc(Br)c1OCc1cccc(C)c1. The number of carbonyl (C=O) groups excluding carboxylic acids is 1. The summed E-state index contributed by atoms with van der Waals surface area (Å²) >= 11 is 3.58. The highest BCUT2D eigenvalue weighted by Gasteiger charge is 2.39. The molecule has 0 saturated heterocycles. The zero-order valence-corrected chi connectivity index (χ0v) is 22.8. The summed E-state index contributed by atoms with van der Waals surface area (Å²) < 4.78 is 12.6. The van der Waals surface area contributed by atoms with Crippen LogP contribution in [-0.4, -0.2) is 23.8 Å². The van der Waals surface area contributed by atoms with Gasteiger partial charge in [0.25, 0.3) is 5.91 Å². The van der Waals surface area contributed by atoms with Crippen molar-refractivity contribution < 1.29 is 19.4 Å². The van der Waals surface area contributed by atoms with Crippen LogP contribution in [0.5, 0.6) is 11.5 Å². The maximum atomic E-state index is 13.3. The van der Waals surface area contributed by atoms with E-state index in [9.17, 15) is 9.90 Å². The molecule has 2 N–H and O–H groups in total. The normalized spacial score (nSPS) is 11.4. The van der Waals surface area contributed by atoms with Gasteiger partial charge >= 0.3 is 0 Å². The Bertz CT molecular complexity index is 1370. The zero-order valence-electron chi connectivity index (χ0n) is 21.2. The predicted molar refractivity (Wildman–Crippen MR) is 152 cm³/mol. The van der Waals surface area contributed by atoms with Crippen LogP contribution in [0, 0.1) is 6.92 Å². The van der Waals surface area contributed by atoms with Crippen molar-refractivity contribution in [3.8, 4) is 11.5 Å². The quantitative estimate of drug-likeness (QED) is 0.177. The summed E-state index contributed by atoms with van der Waals surface area (Å²) in [7, 11) is 0. The van der Waals surface area contributed by atoms with E-state index in [-0.39, 0.29) is 0 Å². The Kier molecular flexibility index (Phi) is 8.94. The molecule has 4 aromatic rings. The highest BCUT2D eigenvalue weighted by molar-refractivity contribution is 9.10. The third kappa shape index (κ3) is 6.30. The Hall–Kier alpha value is -3.94. The van der Waals surface area contributed by atoms with Gasteiger partial charge in [0.1, 0.15) is 6.61 Å². The van der Waals surface area contributed by atoms with E-state index < -0.39 is 11.5 Å². The first-order valence-electron chi connectivity index (χ1n) is 12.2. The smallest absolute Gasteiger partial charge is 0.281 e. The first-order chi connectivity index (χ1) is 18.4. The summed E-state index contributed by atoms with van der Waals surface area (Å²) in [6.07, 6.45) is 1.49. The number of benzene rings is 4. The lowest BCUT2D eigenvalue weighted by Gasteiger charge is -2.27. The number of halogens is 1. The second-order valence-electron chi connectivity index (χ2n) is 8.68. The Morgan fingerprint density at radius 1 is 0.947 bits per heavy atom. The number of carbonyl (C=O) groups is 1. The van der Waals surface area contributed by atoms with E-state index in [2.05, 4.69) is 32.5 Å². The highest BCUT2D eigenvalue weighted by atomic mass is 79.9. The van der Waals surface area contributed by atoms with Gasteiger partial charge in [0.05, 0.1) is 17.3 Å². The lowest BCUT2D eigenvalue weighted by Crippen LogP contribution is -2.43. The van der Waals surface area contributed by atoms with Gasteiger partial charge in [-0.1, -0.05) is 90.5 Å². The molecule has 0 aliphatic heterocycles. The van der Waals surface area contributed by atoms with Crippen molar-refractivity contribution in [1.82, 2.24) is 5.43 Å². The van der Waals surface area contributed by atoms with E-state index in [0.717, 1.165) is 11.1 Å². The largest absolute Gasteiger partial charge is 0.490 e. The first-order valence-corrected chi connectivity index (χ1v) is 13.0. The summed E-state index contributed by atoms with van der Waals surface area (Å²) in [5, 5.41) is 15.7. The third-order valence-electron chi connectivity index (χ3n) is 5.89. The maximum Gasteiger partial charge on any atom is 0.281 e. The van der Waals surface area contributed by atoms with Crippen LogP contribution in [0.1, 0.15) is 34.7 Å². The maximum absolute atomic E-state index is 13.3. The second kappa shape index (κ2) is 12.5. The Morgan fingerprint density at radius 2 is 1.61 bits per heavy atom. The molecular formula is C31H29BrN2O4. The average molecular weight is 573 g/mol. The standard InChI is InChI=1S/C31H29BrN2O4/c1-3-37-28-19-24(18-27(32)29(28)38-21-23-12-10-11-22(2)17-23)20-33-34-30(35)31(36,25-13-6-4-7-14-25)26-15-8-5-9-16-26/h4-20,36H,3,21H2,1-2H3,(H,34,35)/b33-20-. The molecule has 0 bridgehead atoms. The zero-order chi connectivity index (χ0) is 27.0. The van der Waals surface area contributed by atoms with E-state index in [1.54, 1.807) is 54.6 Å². The van der Waals surface area contributed by atoms with Gasteiger partial charge in [-0.2, -0.15) is 5.10 Å². The van der Waals surface area contributed by atoms with Gasteiger partial charge in [-0.25, -0.2) is 5.43 Å². The van der Waals surface area contributed by atoms with Crippen molar-refractivity contribution in [1.29, 1.82) is 0 Å². The van der Waals surface area contributed by atoms with Crippen LogP contribution in [0.4, 0.5) is 0 Å². The van der Waals surface area contributed by atoms with Crippen LogP contribution in [0.15, 0.2) is 107 Å². The van der Waals surface area contributed by atoms with E-state index >= 15 is 0 Å². The van der Waals surface area contributed by atoms with Crippen LogP contribution in [-0.2, 0) is 17.0 Å². The molecule has 0 aromatic heterocycles. The minimum Gasteiger partial charge on any atom is -0.490 e. The molecule has 0 fully saturated rings. The Morgan fingerprint density at radius 3 is 2.21 bits per heavy atom. The van der Waals surface area contributed by atoms with E-state index in [4.69, 9.17) is 9.47 Å². The van der Waals surface area contributed by atoms with Gasteiger partial charge in [-0.05, 0) is 64.2 Å². The molecule has 194 valence electrons. The number of hydrazone groups is 1. The summed E-state index contributed by atoms with van der Waals surface area (Å²) in [5.41, 5.74) is 4.36. The second-order valence-corrected chi connectivity index (χ2v) is 9.54. The molecule has 0 heterocycles. The van der Waals surface area contributed by atoms with E-state index in [1.165, 1.54) is 6.21 Å². The van der Waals surface area contributed by atoms with Gasteiger partial charge in [0.2, 0.25) is 0 Å². The molecule has 0 saturated carbocycles. The number of hydrogen-bond donors (Lipinski definition) is 2. The number of amides is 1. The lowest BCUT2D eigenvalue weighted by molar-refractivity contribution is -0.136. The fourth-order valence-corrected chi connectivity index (χ4v) is 4.63. The molecule has 4 rings (SSSR count). The van der Waals surface area contributed by atoms with Crippen molar-refractivity contribution in [2.24, 2.45) is 5.10 Å². The van der Waals surface area contributed by atoms with Gasteiger partial charge < -0.3 is 14.6 Å². The molecule has 0 aliphatic rings. The first kappa shape index (κ1) is 27.1. The number of rotatable bonds is 10. The average Bonchev–Trinajstić information content (AvgIpc) is 2.93. The van der Waals surface area contributed by atoms with Crippen LogP contribution in [0.3, 0.4) is 0 Å². The highest BCUT2D eigenvalue weighted by Crippen LogP contribution is 2.37. The molecule has 1 amide bonds. The number of hydrogen-bond acceptors (Lipinski definition) is 5. The van der Waals surface area contributed by atoms with Gasteiger partial charge in [-0.3, -0.25) is 4.79 Å². The van der Waals surface area contributed by atoms with Gasteiger partial charge in [-0.15, -0.1) is 0 Å². The number of ether oxygens (including phenoxy) is 2. The van der Waals surface area contributed by atoms with Gasteiger partial charge in [0, 0.05) is 0 Å². The molecule has 38 heavy (non-hydrogen) atoms. The minimum absolute atomic E-state index is 0.390. The van der Waals surface area contributed by atoms with Crippen molar-refractivity contribution in [2.45, 2.75) is 26.1 Å². The molecule has 0 spiro atoms. The van der Waals surface area contributed by atoms with Crippen molar-refractivity contribution in [3.63, 3.8) is 0 Å². The van der Waals surface area contributed by atoms with Crippen molar-refractivity contribution >= 4 is 28.1 Å². The molecule has 0 radical (unpaired) electrons. The molecule has 0 atom stereocenters. The van der Waals surface area contributed by atoms with Crippen molar-refractivity contribution in [3.05, 3.63) is 129 Å². The fraction of sp³-hybridized carbons (Fsp3) is 0.161. The van der Waals surface area contributed by atoms with Crippen LogP contribution < -0.4 is 14.9 Å². The Labute approximate surface area is 231 Å². The molecule has 0 unspecified atom stereocenters. The number of aliphatic hydroxyl groups is 1.